The topological polar surface area (TPSA) is 71.2 Å². The van der Waals surface area contributed by atoms with Gasteiger partial charge in [0, 0.05) is 29.9 Å². The fraction of sp³-hybridized carbons (Fsp3) is 0.222. The van der Waals surface area contributed by atoms with Gasteiger partial charge in [-0.1, -0.05) is 0 Å². The van der Waals surface area contributed by atoms with Crippen molar-refractivity contribution >= 4 is 29.5 Å². The van der Waals surface area contributed by atoms with Gasteiger partial charge in [-0.3, -0.25) is 4.79 Å². The maximum absolute atomic E-state index is 12.2. The predicted octanol–water partition coefficient (Wildman–Crippen LogP) is 2.96. The molecule has 1 aliphatic rings. The highest BCUT2D eigenvalue weighted by atomic mass is 16.5. The van der Waals surface area contributed by atoms with Gasteiger partial charge in [0.1, 0.15) is 12.0 Å². The second-order valence-corrected chi connectivity index (χ2v) is 5.48. The summed E-state index contributed by atoms with van der Waals surface area (Å²) >= 11 is 0. The minimum Gasteiger partial charge on any atom is -0.497 e. The van der Waals surface area contributed by atoms with Crippen LogP contribution in [-0.4, -0.2) is 24.3 Å². The molecule has 5 nitrogen and oxygen atoms in total. The zero-order chi connectivity index (χ0) is 16.4. The van der Waals surface area contributed by atoms with E-state index in [0.29, 0.717) is 24.2 Å². The molecule has 3 rings (SSSR count). The van der Waals surface area contributed by atoms with E-state index in [1.807, 2.05) is 37.4 Å². The lowest BCUT2D eigenvalue weighted by Gasteiger charge is -2.02. The van der Waals surface area contributed by atoms with Crippen molar-refractivity contribution in [2.24, 2.45) is 0 Å². The Kier molecular flexibility index (Phi) is 4.02. The van der Waals surface area contributed by atoms with Crippen LogP contribution in [0.4, 0.5) is 5.69 Å². The molecule has 0 saturated heterocycles. The molecule has 0 bridgehead atoms. The number of benzene rings is 1. The number of carbonyl (C=O) groups excluding carboxylic acids is 2. The van der Waals surface area contributed by atoms with Crippen molar-refractivity contribution in [3.63, 3.8) is 0 Å². The number of aldehydes is 1. The number of rotatable bonds is 5. The molecular formula is C18H18N2O3. The van der Waals surface area contributed by atoms with Crippen LogP contribution in [0.3, 0.4) is 0 Å². The van der Waals surface area contributed by atoms with Crippen LogP contribution < -0.4 is 10.1 Å². The SMILES string of the molecule is COc1ccc2c(c1)NC(=O)/C2=C\c1[nH]cc(CCC=O)c1C. The Labute approximate surface area is 134 Å². The van der Waals surface area contributed by atoms with E-state index < -0.39 is 0 Å². The molecule has 0 spiro atoms. The summed E-state index contributed by atoms with van der Waals surface area (Å²) in [4.78, 5) is 26.0. The van der Waals surface area contributed by atoms with Gasteiger partial charge >= 0.3 is 0 Å². The smallest absolute Gasteiger partial charge is 0.256 e. The Balaban J connectivity index is 1.96. The van der Waals surface area contributed by atoms with E-state index >= 15 is 0 Å². The normalized spacial score (nSPS) is 14.7. The molecular weight excluding hydrogens is 292 g/mol. The number of hydrogen-bond donors (Lipinski definition) is 2. The van der Waals surface area contributed by atoms with Crippen molar-refractivity contribution in [1.82, 2.24) is 4.98 Å². The highest BCUT2D eigenvalue weighted by molar-refractivity contribution is 6.34. The fourth-order valence-corrected chi connectivity index (χ4v) is 2.77. The number of anilines is 1. The lowest BCUT2D eigenvalue weighted by atomic mass is 10.0. The molecule has 1 aliphatic heterocycles. The Bertz CT molecular complexity index is 803. The molecule has 0 unspecified atom stereocenters. The lowest BCUT2D eigenvalue weighted by molar-refractivity contribution is -0.111. The van der Waals surface area contributed by atoms with Crippen molar-refractivity contribution < 1.29 is 14.3 Å². The van der Waals surface area contributed by atoms with Crippen molar-refractivity contribution in [3.8, 4) is 5.75 Å². The first-order valence-corrected chi connectivity index (χ1v) is 7.46. The number of aryl methyl sites for hydroxylation is 1. The molecule has 0 saturated carbocycles. The molecule has 0 aliphatic carbocycles. The Morgan fingerprint density at radius 2 is 2.13 bits per heavy atom. The number of nitrogens with one attached hydrogen (secondary N) is 2. The molecule has 118 valence electrons. The largest absolute Gasteiger partial charge is 0.497 e. The quantitative estimate of drug-likeness (QED) is 0.659. The summed E-state index contributed by atoms with van der Waals surface area (Å²) in [5.41, 5.74) is 5.28. The monoisotopic (exact) mass is 310 g/mol. The molecule has 1 aromatic carbocycles. The summed E-state index contributed by atoms with van der Waals surface area (Å²) in [6, 6.07) is 5.53. The molecule has 2 N–H and O–H groups in total. The molecule has 0 radical (unpaired) electrons. The van der Waals surface area contributed by atoms with Crippen molar-refractivity contribution in [1.29, 1.82) is 0 Å². The molecule has 2 aromatic rings. The van der Waals surface area contributed by atoms with Gasteiger partial charge in [-0.15, -0.1) is 0 Å². The highest BCUT2D eigenvalue weighted by Crippen LogP contribution is 2.35. The summed E-state index contributed by atoms with van der Waals surface area (Å²) in [5, 5.41) is 2.86. The van der Waals surface area contributed by atoms with Gasteiger partial charge in [0.15, 0.2) is 0 Å². The minimum absolute atomic E-state index is 0.128. The van der Waals surface area contributed by atoms with Crippen LogP contribution >= 0.6 is 0 Å². The number of amides is 1. The first kappa shape index (κ1) is 15.1. The second kappa shape index (κ2) is 6.12. The number of methoxy groups -OCH3 is 1. The Morgan fingerprint density at radius 1 is 1.30 bits per heavy atom. The number of aromatic nitrogens is 1. The van der Waals surface area contributed by atoms with E-state index in [0.717, 1.165) is 34.4 Å². The Hall–Kier alpha value is -2.82. The molecule has 2 heterocycles. The number of aromatic amines is 1. The molecule has 23 heavy (non-hydrogen) atoms. The predicted molar refractivity (Wildman–Crippen MR) is 89.4 cm³/mol. The van der Waals surface area contributed by atoms with Gasteiger partial charge in [-0.2, -0.15) is 0 Å². The average Bonchev–Trinajstić information content (AvgIpc) is 3.06. The van der Waals surface area contributed by atoms with Gasteiger partial charge in [0.05, 0.1) is 18.4 Å². The van der Waals surface area contributed by atoms with E-state index in [4.69, 9.17) is 4.74 Å². The summed E-state index contributed by atoms with van der Waals surface area (Å²) in [6.45, 7) is 1.99. The van der Waals surface area contributed by atoms with Crippen LogP contribution in [-0.2, 0) is 16.0 Å². The molecule has 1 amide bonds. The summed E-state index contributed by atoms with van der Waals surface area (Å²) in [5.74, 6) is 0.578. The lowest BCUT2D eigenvalue weighted by Crippen LogP contribution is -2.03. The third-order valence-corrected chi connectivity index (χ3v) is 4.12. The summed E-state index contributed by atoms with van der Waals surface area (Å²) in [7, 11) is 1.60. The molecule has 1 aromatic heterocycles. The molecule has 0 atom stereocenters. The maximum atomic E-state index is 12.2. The van der Waals surface area contributed by atoms with E-state index in [1.54, 1.807) is 7.11 Å². The van der Waals surface area contributed by atoms with Gasteiger partial charge in [0.25, 0.3) is 5.91 Å². The van der Waals surface area contributed by atoms with E-state index in [-0.39, 0.29) is 5.91 Å². The van der Waals surface area contributed by atoms with Crippen LogP contribution in [0.15, 0.2) is 24.4 Å². The van der Waals surface area contributed by atoms with Gasteiger partial charge in [-0.05, 0) is 42.7 Å². The van der Waals surface area contributed by atoms with Crippen LogP contribution in [0.25, 0.3) is 11.6 Å². The fourth-order valence-electron chi connectivity index (χ4n) is 2.77. The third-order valence-electron chi connectivity index (χ3n) is 4.12. The molecule has 5 heteroatoms. The van der Waals surface area contributed by atoms with Crippen LogP contribution in [0.1, 0.15) is 28.8 Å². The van der Waals surface area contributed by atoms with Crippen LogP contribution in [0.2, 0.25) is 0 Å². The third kappa shape index (κ3) is 2.77. The van der Waals surface area contributed by atoms with E-state index in [2.05, 4.69) is 10.3 Å². The van der Waals surface area contributed by atoms with Crippen molar-refractivity contribution in [2.75, 3.05) is 12.4 Å². The van der Waals surface area contributed by atoms with Crippen LogP contribution in [0, 0.1) is 6.92 Å². The maximum Gasteiger partial charge on any atom is 0.256 e. The number of H-pyrrole nitrogens is 1. The highest BCUT2D eigenvalue weighted by Gasteiger charge is 2.25. The standard InChI is InChI=1S/C18H18N2O3/c1-11-12(4-3-7-21)10-19-16(11)9-15-14-6-5-13(23-2)8-17(14)20-18(15)22/h5-10,19H,3-4H2,1-2H3,(H,20,22)/b15-9-. The Morgan fingerprint density at radius 3 is 2.87 bits per heavy atom. The minimum atomic E-state index is -0.128. The number of hydrogen-bond acceptors (Lipinski definition) is 3. The van der Waals surface area contributed by atoms with Crippen molar-refractivity contribution in [3.05, 3.63) is 46.8 Å². The average molecular weight is 310 g/mol. The van der Waals surface area contributed by atoms with Gasteiger partial charge < -0.3 is 19.8 Å². The first-order valence-electron chi connectivity index (χ1n) is 7.46. The summed E-state index contributed by atoms with van der Waals surface area (Å²) in [6.07, 6.45) is 5.87. The molecule has 0 fully saturated rings. The zero-order valence-corrected chi connectivity index (χ0v) is 13.1. The number of carbonyl (C=O) groups is 2. The second-order valence-electron chi connectivity index (χ2n) is 5.48. The first-order chi connectivity index (χ1) is 11.1. The number of fused-ring (bicyclic) bond motifs is 1. The van der Waals surface area contributed by atoms with E-state index in [9.17, 15) is 9.59 Å². The van der Waals surface area contributed by atoms with E-state index in [1.165, 1.54) is 0 Å². The van der Waals surface area contributed by atoms with Crippen molar-refractivity contribution in [2.45, 2.75) is 19.8 Å². The van der Waals surface area contributed by atoms with Gasteiger partial charge in [0.2, 0.25) is 0 Å². The van der Waals surface area contributed by atoms with Crippen LogP contribution in [0.5, 0.6) is 5.75 Å². The number of ether oxygens (including phenoxy) is 1. The van der Waals surface area contributed by atoms with Gasteiger partial charge in [-0.25, -0.2) is 0 Å². The zero-order valence-electron chi connectivity index (χ0n) is 13.1. The summed E-state index contributed by atoms with van der Waals surface area (Å²) < 4.78 is 5.18.